The largest absolute Gasteiger partial charge is 0.487 e. The van der Waals surface area contributed by atoms with Crippen LogP contribution in [0.1, 0.15) is 32.8 Å². The van der Waals surface area contributed by atoms with Gasteiger partial charge in [-0.2, -0.15) is 4.31 Å². The molecular formula is C25H36N2O4S. The second-order valence-corrected chi connectivity index (χ2v) is 10.8. The minimum atomic E-state index is -3.82. The number of hydrogen-bond donors (Lipinski definition) is 1. The van der Waals surface area contributed by atoms with Gasteiger partial charge in [-0.1, -0.05) is 44.2 Å². The fraction of sp³-hybridized carbons (Fsp3) is 0.520. The van der Waals surface area contributed by atoms with Crippen LogP contribution >= 0.6 is 0 Å². The van der Waals surface area contributed by atoms with E-state index in [-0.39, 0.29) is 23.5 Å². The Morgan fingerprint density at radius 1 is 1.25 bits per heavy atom. The highest BCUT2D eigenvalue weighted by molar-refractivity contribution is 7.89. The lowest BCUT2D eigenvalue weighted by Crippen LogP contribution is -2.49. The summed E-state index contributed by atoms with van der Waals surface area (Å²) >= 11 is 0. The first-order chi connectivity index (χ1) is 15.2. The number of ether oxygens (including phenoxy) is 1. The highest BCUT2D eigenvalue weighted by atomic mass is 32.2. The third-order valence-electron chi connectivity index (χ3n) is 6.22. The maximum Gasteiger partial charge on any atom is 0.247 e. The van der Waals surface area contributed by atoms with Crippen LogP contribution in [0.3, 0.4) is 0 Å². The van der Waals surface area contributed by atoms with Gasteiger partial charge in [0.1, 0.15) is 16.7 Å². The van der Waals surface area contributed by atoms with E-state index in [1.165, 1.54) is 4.31 Å². The molecule has 0 aromatic heterocycles. The van der Waals surface area contributed by atoms with Crippen LogP contribution in [0.25, 0.3) is 11.1 Å². The number of hydrogen-bond acceptors (Lipinski definition) is 5. The molecule has 0 fully saturated rings. The third kappa shape index (κ3) is 5.17. The van der Waals surface area contributed by atoms with Gasteiger partial charge in [-0.05, 0) is 62.7 Å². The van der Waals surface area contributed by atoms with Gasteiger partial charge in [-0.25, -0.2) is 8.42 Å². The lowest BCUT2D eigenvalue weighted by atomic mass is 10.00. The molecule has 2 aromatic carbocycles. The number of likely N-dealkylation sites (N-methyl/N-ethyl adjacent to an activating group) is 1. The smallest absolute Gasteiger partial charge is 0.247 e. The van der Waals surface area contributed by atoms with Crippen molar-refractivity contribution >= 4 is 10.0 Å². The molecule has 2 aromatic rings. The Bertz CT molecular complexity index is 1020. The summed E-state index contributed by atoms with van der Waals surface area (Å²) in [5.41, 5.74) is 3.09. The fourth-order valence-electron chi connectivity index (χ4n) is 4.29. The first-order valence-corrected chi connectivity index (χ1v) is 12.8. The summed E-state index contributed by atoms with van der Waals surface area (Å²) in [6.07, 6.45) is 0.856. The van der Waals surface area contributed by atoms with Gasteiger partial charge in [0.2, 0.25) is 10.0 Å². The van der Waals surface area contributed by atoms with Gasteiger partial charge < -0.3 is 14.7 Å². The molecule has 0 saturated heterocycles. The predicted octanol–water partition coefficient (Wildman–Crippen LogP) is 3.77. The summed E-state index contributed by atoms with van der Waals surface area (Å²) < 4.78 is 35.1. The summed E-state index contributed by atoms with van der Waals surface area (Å²) in [6, 6.07) is 12.9. The number of aryl methyl sites for hydroxylation is 1. The zero-order valence-electron chi connectivity index (χ0n) is 19.8. The van der Waals surface area contributed by atoms with Gasteiger partial charge >= 0.3 is 0 Å². The maximum atomic E-state index is 13.6. The summed E-state index contributed by atoms with van der Waals surface area (Å²) in [6.45, 7) is 9.65. The van der Waals surface area contributed by atoms with Gasteiger partial charge in [-0.15, -0.1) is 0 Å². The molecule has 0 spiro atoms. The predicted molar refractivity (Wildman–Crippen MR) is 128 cm³/mol. The van der Waals surface area contributed by atoms with Crippen molar-refractivity contribution in [3.8, 4) is 16.9 Å². The van der Waals surface area contributed by atoms with Crippen LogP contribution in [-0.4, -0.2) is 68.2 Å². The van der Waals surface area contributed by atoms with Gasteiger partial charge in [0.25, 0.3) is 0 Å². The van der Waals surface area contributed by atoms with Crippen molar-refractivity contribution in [2.75, 3.05) is 33.3 Å². The summed E-state index contributed by atoms with van der Waals surface area (Å²) in [5.74, 6) is 0.329. The topological polar surface area (TPSA) is 70.1 Å². The third-order valence-corrected chi connectivity index (χ3v) is 8.24. The number of rotatable bonds is 7. The average Bonchev–Trinajstić information content (AvgIpc) is 2.76. The fourth-order valence-corrected chi connectivity index (χ4v) is 6.11. The number of fused-ring (bicyclic) bond motifs is 1. The first kappa shape index (κ1) is 24.7. The van der Waals surface area contributed by atoms with Gasteiger partial charge in [0.05, 0.1) is 6.61 Å². The Morgan fingerprint density at radius 3 is 2.62 bits per heavy atom. The molecule has 32 heavy (non-hydrogen) atoms. The van der Waals surface area contributed by atoms with E-state index in [2.05, 4.69) is 18.9 Å². The Labute approximate surface area is 192 Å². The molecule has 0 aliphatic carbocycles. The molecule has 0 radical (unpaired) electrons. The van der Waals surface area contributed by atoms with Crippen molar-refractivity contribution in [1.82, 2.24) is 9.21 Å². The number of aliphatic hydroxyl groups is 1. The molecule has 0 unspecified atom stereocenters. The lowest BCUT2D eigenvalue weighted by molar-refractivity contribution is 0.0753. The minimum absolute atomic E-state index is 0.0478. The molecule has 1 heterocycles. The molecule has 0 bridgehead atoms. The van der Waals surface area contributed by atoms with Gasteiger partial charge in [0, 0.05) is 25.0 Å². The van der Waals surface area contributed by atoms with Crippen LogP contribution in [0.4, 0.5) is 0 Å². The number of nitrogens with zero attached hydrogens (tertiary/aromatic N) is 2. The monoisotopic (exact) mass is 460 g/mol. The molecular weight excluding hydrogens is 424 g/mol. The molecule has 3 atom stereocenters. The Morgan fingerprint density at radius 2 is 1.97 bits per heavy atom. The molecule has 0 amide bonds. The second-order valence-electron chi connectivity index (χ2n) is 8.98. The average molecular weight is 461 g/mol. The SMILES string of the molecule is CCCN(C)C[C@H]1Oc2cc(-c3ccccc3C)ccc2S(=O)(=O)N([C@H](C)CO)C[C@H]1C. The van der Waals surface area contributed by atoms with E-state index >= 15 is 0 Å². The molecule has 1 N–H and O–H groups in total. The van der Waals surface area contributed by atoms with Crippen LogP contribution in [0, 0.1) is 12.8 Å². The quantitative estimate of drug-likeness (QED) is 0.681. The van der Waals surface area contributed by atoms with Crippen molar-refractivity contribution in [3.63, 3.8) is 0 Å². The Kier molecular flexibility index (Phi) is 7.98. The Hall–Kier alpha value is -1.93. The van der Waals surface area contributed by atoms with E-state index < -0.39 is 16.1 Å². The number of benzene rings is 2. The molecule has 1 aliphatic heterocycles. The second kappa shape index (κ2) is 10.3. The van der Waals surface area contributed by atoms with Crippen molar-refractivity contribution in [2.24, 2.45) is 5.92 Å². The normalized spacial score (nSPS) is 22.0. The zero-order valence-corrected chi connectivity index (χ0v) is 20.6. The van der Waals surface area contributed by atoms with Crippen molar-refractivity contribution in [1.29, 1.82) is 0 Å². The van der Waals surface area contributed by atoms with Gasteiger partial charge in [-0.3, -0.25) is 0 Å². The summed E-state index contributed by atoms with van der Waals surface area (Å²) in [5, 5.41) is 9.77. The number of aliphatic hydroxyl groups excluding tert-OH is 1. The first-order valence-electron chi connectivity index (χ1n) is 11.4. The summed E-state index contributed by atoms with van der Waals surface area (Å²) in [7, 11) is -1.76. The molecule has 3 rings (SSSR count). The van der Waals surface area contributed by atoms with Crippen molar-refractivity contribution in [3.05, 3.63) is 48.0 Å². The molecule has 1 aliphatic rings. The number of sulfonamides is 1. The van der Waals surface area contributed by atoms with E-state index in [9.17, 15) is 13.5 Å². The van der Waals surface area contributed by atoms with E-state index in [1.54, 1.807) is 13.0 Å². The maximum absolute atomic E-state index is 13.6. The highest BCUT2D eigenvalue weighted by Gasteiger charge is 2.38. The molecule has 6 nitrogen and oxygen atoms in total. The molecule has 0 saturated carbocycles. The van der Waals surface area contributed by atoms with E-state index in [4.69, 9.17) is 4.74 Å². The van der Waals surface area contributed by atoms with E-state index in [0.29, 0.717) is 18.8 Å². The zero-order chi connectivity index (χ0) is 23.5. The highest BCUT2D eigenvalue weighted by Crippen LogP contribution is 2.37. The van der Waals surface area contributed by atoms with Crippen molar-refractivity contribution in [2.45, 2.75) is 51.2 Å². The minimum Gasteiger partial charge on any atom is -0.487 e. The van der Waals surface area contributed by atoms with Crippen LogP contribution in [0.2, 0.25) is 0 Å². The van der Waals surface area contributed by atoms with Crippen molar-refractivity contribution < 1.29 is 18.3 Å². The van der Waals surface area contributed by atoms with Crippen LogP contribution in [0.5, 0.6) is 5.75 Å². The standard InChI is InChI=1S/C25H36N2O4S/c1-6-13-26(5)16-24-19(3)15-27(20(4)17-28)32(29,30)25-12-11-21(14-23(25)31-24)22-10-8-7-9-18(22)2/h7-12,14,19-20,24,28H,6,13,15-17H2,1-5H3/t19-,20-,24-/m1/s1. The van der Waals surface area contributed by atoms with E-state index in [0.717, 1.165) is 29.7 Å². The van der Waals surface area contributed by atoms with Crippen LogP contribution in [0.15, 0.2) is 47.4 Å². The molecule has 7 heteroatoms. The Balaban J connectivity index is 2.13. The summed E-state index contributed by atoms with van der Waals surface area (Å²) in [4.78, 5) is 2.38. The molecule has 176 valence electrons. The van der Waals surface area contributed by atoms with Gasteiger partial charge in [0.15, 0.2) is 0 Å². The van der Waals surface area contributed by atoms with Crippen LogP contribution < -0.4 is 4.74 Å². The van der Waals surface area contributed by atoms with E-state index in [1.807, 2.05) is 50.2 Å². The van der Waals surface area contributed by atoms with Crippen LogP contribution in [-0.2, 0) is 10.0 Å². The lowest BCUT2D eigenvalue weighted by Gasteiger charge is -2.37.